The van der Waals surface area contributed by atoms with E-state index in [4.69, 9.17) is 5.11 Å². The van der Waals surface area contributed by atoms with Gasteiger partial charge in [0.05, 0.1) is 11.3 Å². The predicted octanol–water partition coefficient (Wildman–Crippen LogP) is 0.638. The number of hydrogen-bond donors (Lipinski definition) is 2. The third kappa shape index (κ3) is 2.83. The molecule has 0 bridgehead atoms. The Balaban J connectivity index is 2.68. The van der Waals surface area contributed by atoms with E-state index < -0.39 is 34.7 Å². The quantitative estimate of drug-likeness (QED) is 0.846. The molecule has 0 spiro atoms. The average molecular weight is 301 g/mol. The number of H-pyrrole nitrogens is 1. The molecule has 2 aromatic rings. The Morgan fingerprint density at radius 2 is 1.95 bits per heavy atom. The van der Waals surface area contributed by atoms with Crippen LogP contribution in [-0.2, 0) is 6.18 Å². The van der Waals surface area contributed by atoms with E-state index in [-0.39, 0.29) is 5.69 Å². The van der Waals surface area contributed by atoms with Crippen molar-refractivity contribution in [1.82, 2.24) is 14.8 Å². The maximum absolute atomic E-state index is 12.6. The fourth-order valence-corrected chi connectivity index (χ4v) is 1.53. The van der Waals surface area contributed by atoms with Crippen molar-refractivity contribution in [1.29, 1.82) is 0 Å². The number of aromatic amines is 1. The van der Waals surface area contributed by atoms with Gasteiger partial charge in [-0.05, 0) is 18.2 Å². The van der Waals surface area contributed by atoms with Crippen molar-refractivity contribution in [2.75, 3.05) is 0 Å². The minimum atomic E-state index is -4.64. The van der Waals surface area contributed by atoms with E-state index in [2.05, 4.69) is 5.10 Å². The summed E-state index contributed by atoms with van der Waals surface area (Å²) in [6.45, 7) is 0. The van der Waals surface area contributed by atoms with E-state index in [9.17, 15) is 27.6 Å². The fraction of sp³-hybridized carbons (Fsp3) is 0.0909. The van der Waals surface area contributed by atoms with Gasteiger partial charge in [0.25, 0.3) is 5.56 Å². The topological polar surface area (TPSA) is 105 Å². The van der Waals surface area contributed by atoms with Crippen molar-refractivity contribution in [2.24, 2.45) is 0 Å². The van der Waals surface area contributed by atoms with Crippen LogP contribution in [0.2, 0.25) is 0 Å². The van der Waals surface area contributed by atoms with Gasteiger partial charge in [-0.1, -0.05) is 6.07 Å². The van der Waals surface area contributed by atoms with Gasteiger partial charge in [0, 0.05) is 0 Å². The molecule has 7 nitrogen and oxygen atoms in total. The van der Waals surface area contributed by atoms with Crippen molar-refractivity contribution >= 4 is 5.97 Å². The van der Waals surface area contributed by atoms with E-state index in [1.165, 1.54) is 0 Å². The first-order valence-electron chi connectivity index (χ1n) is 5.35. The maximum Gasteiger partial charge on any atom is 0.416 e. The summed E-state index contributed by atoms with van der Waals surface area (Å²) in [7, 11) is 0. The second kappa shape index (κ2) is 4.89. The van der Waals surface area contributed by atoms with Crippen LogP contribution in [0.3, 0.4) is 0 Å². The molecule has 0 amide bonds. The van der Waals surface area contributed by atoms with Gasteiger partial charge in [-0.3, -0.25) is 9.78 Å². The molecule has 2 rings (SSSR count). The van der Waals surface area contributed by atoms with Crippen LogP contribution in [0.1, 0.15) is 16.1 Å². The van der Waals surface area contributed by atoms with Crippen LogP contribution < -0.4 is 11.2 Å². The van der Waals surface area contributed by atoms with Gasteiger partial charge in [-0.25, -0.2) is 9.59 Å². The largest absolute Gasteiger partial charge is 0.476 e. The summed E-state index contributed by atoms with van der Waals surface area (Å²) in [5, 5.41) is 12.0. The van der Waals surface area contributed by atoms with E-state index in [0.29, 0.717) is 10.7 Å². The summed E-state index contributed by atoms with van der Waals surface area (Å²) in [6, 6.07) is 3.53. The van der Waals surface area contributed by atoms with Crippen LogP contribution in [0.4, 0.5) is 13.2 Å². The molecule has 0 aliphatic carbocycles. The number of carboxylic acid groups (broad SMARTS) is 1. The molecule has 21 heavy (non-hydrogen) atoms. The lowest BCUT2D eigenvalue weighted by molar-refractivity contribution is -0.137. The average Bonchev–Trinajstić information content (AvgIpc) is 2.37. The summed E-state index contributed by atoms with van der Waals surface area (Å²) in [5.41, 5.74) is -4.77. The molecule has 0 saturated heterocycles. The van der Waals surface area contributed by atoms with Gasteiger partial charge < -0.3 is 5.11 Å². The number of nitrogens with one attached hydrogen (secondary N) is 1. The highest BCUT2D eigenvalue weighted by Gasteiger charge is 2.30. The number of carbonyl (C=O) groups is 1. The minimum absolute atomic E-state index is 0.325. The van der Waals surface area contributed by atoms with Crippen LogP contribution in [0, 0.1) is 0 Å². The number of hydrogen-bond acceptors (Lipinski definition) is 4. The highest BCUT2D eigenvalue weighted by Crippen LogP contribution is 2.29. The monoisotopic (exact) mass is 301 g/mol. The van der Waals surface area contributed by atoms with Crippen LogP contribution in [0.15, 0.2) is 33.9 Å². The molecule has 10 heteroatoms. The molecule has 0 aliphatic rings. The van der Waals surface area contributed by atoms with Crippen LogP contribution in [0.25, 0.3) is 5.69 Å². The summed E-state index contributed by atoms with van der Waals surface area (Å²) in [6.07, 6.45) is -4.64. The first-order valence-corrected chi connectivity index (χ1v) is 5.35. The summed E-state index contributed by atoms with van der Waals surface area (Å²) in [5.74, 6) is -1.71. The smallest absolute Gasteiger partial charge is 0.416 e. The van der Waals surface area contributed by atoms with Gasteiger partial charge >= 0.3 is 17.8 Å². The molecule has 1 aromatic heterocycles. The third-order valence-corrected chi connectivity index (χ3v) is 2.45. The van der Waals surface area contributed by atoms with E-state index >= 15 is 0 Å². The standard InChI is InChI=1S/C11H6F3N3O4/c12-11(13,14)5-2-1-3-6(4-5)17-10(21)15-8(18)7(16-17)9(19)20/h1-4H,(H,19,20)(H,15,18,21). The molecule has 0 fully saturated rings. The number of benzene rings is 1. The molecule has 0 aliphatic heterocycles. The van der Waals surface area contributed by atoms with Crippen molar-refractivity contribution in [3.63, 3.8) is 0 Å². The third-order valence-electron chi connectivity index (χ3n) is 2.45. The van der Waals surface area contributed by atoms with Crippen molar-refractivity contribution in [3.05, 3.63) is 56.4 Å². The lowest BCUT2D eigenvalue weighted by atomic mass is 10.2. The predicted molar refractivity (Wildman–Crippen MR) is 62.4 cm³/mol. The Bertz CT molecular complexity index is 822. The number of rotatable bonds is 2. The first kappa shape index (κ1) is 14.5. The summed E-state index contributed by atoms with van der Waals surface area (Å²) >= 11 is 0. The van der Waals surface area contributed by atoms with Gasteiger partial charge in [-0.2, -0.15) is 23.0 Å². The Labute approximate surface area is 113 Å². The zero-order valence-corrected chi connectivity index (χ0v) is 10.0. The molecule has 0 unspecified atom stereocenters. The molecule has 2 N–H and O–H groups in total. The van der Waals surface area contributed by atoms with Gasteiger partial charge in [0.15, 0.2) is 0 Å². The number of aromatic carboxylic acids is 1. The molecule has 0 saturated carbocycles. The van der Waals surface area contributed by atoms with Crippen LogP contribution in [-0.4, -0.2) is 25.8 Å². The molecular weight excluding hydrogens is 295 g/mol. The molecule has 0 radical (unpaired) electrons. The Morgan fingerprint density at radius 3 is 2.52 bits per heavy atom. The highest BCUT2D eigenvalue weighted by molar-refractivity contribution is 5.84. The maximum atomic E-state index is 12.6. The number of alkyl halides is 3. The second-order valence-electron chi connectivity index (χ2n) is 3.87. The molecule has 0 atom stereocenters. The van der Waals surface area contributed by atoms with Crippen molar-refractivity contribution in [3.8, 4) is 5.69 Å². The normalized spacial score (nSPS) is 11.4. The highest BCUT2D eigenvalue weighted by atomic mass is 19.4. The summed E-state index contributed by atoms with van der Waals surface area (Å²) < 4.78 is 38.2. The molecule has 1 aromatic carbocycles. The first-order chi connectivity index (χ1) is 9.70. The Morgan fingerprint density at radius 1 is 1.29 bits per heavy atom. The van der Waals surface area contributed by atoms with E-state index in [1.54, 1.807) is 4.98 Å². The number of carboxylic acids is 1. The zero-order chi connectivity index (χ0) is 15.8. The van der Waals surface area contributed by atoms with Gasteiger partial charge in [0.1, 0.15) is 0 Å². The molecule has 1 heterocycles. The van der Waals surface area contributed by atoms with E-state index in [0.717, 1.165) is 18.2 Å². The van der Waals surface area contributed by atoms with Gasteiger partial charge in [-0.15, -0.1) is 0 Å². The van der Waals surface area contributed by atoms with Gasteiger partial charge in [0.2, 0.25) is 5.69 Å². The Kier molecular flexibility index (Phi) is 3.37. The van der Waals surface area contributed by atoms with Crippen LogP contribution in [0.5, 0.6) is 0 Å². The number of aromatic nitrogens is 3. The molecular formula is C11H6F3N3O4. The second-order valence-corrected chi connectivity index (χ2v) is 3.87. The zero-order valence-electron chi connectivity index (χ0n) is 10.0. The minimum Gasteiger partial charge on any atom is -0.476 e. The number of nitrogens with zero attached hydrogens (tertiary/aromatic N) is 2. The van der Waals surface area contributed by atoms with Crippen molar-refractivity contribution < 1.29 is 23.1 Å². The van der Waals surface area contributed by atoms with Crippen LogP contribution >= 0.6 is 0 Å². The fourth-order valence-electron chi connectivity index (χ4n) is 1.53. The lowest BCUT2D eigenvalue weighted by Crippen LogP contribution is -2.35. The molecule has 110 valence electrons. The SMILES string of the molecule is O=C(O)c1nn(-c2cccc(C(F)(F)F)c2)c(=O)[nH]c1=O. The Hall–Kier alpha value is -2.91. The number of halogens is 3. The lowest BCUT2D eigenvalue weighted by Gasteiger charge is -2.09. The van der Waals surface area contributed by atoms with E-state index in [1.807, 2.05) is 0 Å². The summed E-state index contributed by atoms with van der Waals surface area (Å²) in [4.78, 5) is 35.2. The van der Waals surface area contributed by atoms with Crippen molar-refractivity contribution in [2.45, 2.75) is 6.18 Å².